The molecule has 0 aliphatic heterocycles. The summed E-state index contributed by atoms with van der Waals surface area (Å²) < 4.78 is 0. The molecule has 1 aliphatic rings. The number of nitrogens with one attached hydrogen (secondary N) is 1. The van der Waals surface area contributed by atoms with E-state index in [4.69, 9.17) is 0 Å². The summed E-state index contributed by atoms with van der Waals surface area (Å²) in [5.74, 6) is 0.593. The molecule has 0 spiro atoms. The molecule has 4 atom stereocenters. The average molecular weight is 279 g/mol. The highest BCUT2D eigenvalue weighted by Crippen LogP contribution is 2.47. The molecule has 1 amide bonds. The zero-order chi connectivity index (χ0) is 13.8. The van der Waals surface area contributed by atoms with Crippen molar-refractivity contribution in [3.8, 4) is 0 Å². The van der Waals surface area contributed by atoms with Crippen molar-refractivity contribution in [1.29, 1.82) is 0 Å². The van der Waals surface area contributed by atoms with Crippen LogP contribution in [0.15, 0.2) is 30.3 Å². The van der Waals surface area contributed by atoms with Crippen LogP contribution in [-0.4, -0.2) is 35.2 Å². The minimum atomic E-state index is 0.00419. The van der Waals surface area contributed by atoms with Crippen molar-refractivity contribution in [2.75, 3.05) is 12.9 Å². The van der Waals surface area contributed by atoms with Crippen LogP contribution in [0.25, 0.3) is 0 Å². The molecule has 1 aliphatic carbocycles. The van der Waals surface area contributed by atoms with E-state index in [-0.39, 0.29) is 29.7 Å². The lowest BCUT2D eigenvalue weighted by molar-refractivity contribution is -0.123. The van der Waals surface area contributed by atoms with Crippen LogP contribution in [0.3, 0.4) is 0 Å². The summed E-state index contributed by atoms with van der Waals surface area (Å²) in [6.45, 7) is 2.05. The Labute approximate surface area is 118 Å². The molecule has 2 rings (SSSR count). The Balaban J connectivity index is 1.86. The van der Waals surface area contributed by atoms with E-state index in [1.54, 1.807) is 11.8 Å². The third kappa shape index (κ3) is 3.51. The maximum Gasteiger partial charge on any atom is 0.223 e. The van der Waals surface area contributed by atoms with Gasteiger partial charge in [-0.15, -0.1) is 0 Å². The van der Waals surface area contributed by atoms with E-state index >= 15 is 0 Å². The monoisotopic (exact) mass is 279 g/mol. The summed E-state index contributed by atoms with van der Waals surface area (Å²) in [6, 6.07) is 10.2. The fourth-order valence-electron chi connectivity index (χ4n) is 2.41. The van der Waals surface area contributed by atoms with E-state index in [2.05, 4.69) is 17.4 Å². The molecule has 1 saturated carbocycles. The average Bonchev–Trinajstić information content (AvgIpc) is 3.21. The molecule has 1 aromatic carbocycles. The topological polar surface area (TPSA) is 49.3 Å². The number of hydrogen-bond donors (Lipinski definition) is 2. The fraction of sp³-hybridized carbons (Fsp3) is 0.533. The standard InChI is InChI=1S/C15H21NO2S/c1-10(14(9-17)19-2)16-15(18)13-8-12(13)11-6-4-3-5-7-11/h3-7,10,12-14,17H,8-9H2,1-2H3,(H,16,18). The van der Waals surface area contributed by atoms with Crippen molar-refractivity contribution in [3.05, 3.63) is 35.9 Å². The number of thioether (sulfide) groups is 1. The zero-order valence-electron chi connectivity index (χ0n) is 11.4. The normalized spacial score (nSPS) is 24.6. The van der Waals surface area contributed by atoms with Crippen LogP contribution >= 0.6 is 11.8 Å². The van der Waals surface area contributed by atoms with E-state index in [0.29, 0.717) is 5.92 Å². The molecule has 1 fully saturated rings. The molecule has 19 heavy (non-hydrogen) atoms. The summed E-state index contributed by atoms with van der Waals surface area (Å²) in [5.41, 5.74) is 1.25. The quantitative estimate of drug-likeness (QED) is 0.837. The van der Waals surface area contributed by atoms with E-state index in [1.807, 2.05) is 31.4 Å². The van der Waals surface area contributed by atoms with Gasteiger partial charge in [0.2, 0.25) is 5.91 Å². The molecular weight excluding hydrogens is 258 g/mol. The maximum atomic E-state index is 12.1. The molecule has 4 unspecified atom stereocenters. The van der Waals surface area contributed by atoms with Crippen LogP contribution < -0.4 is 5.32 Å². The number of benzene rings is 1. The van der Waals surface area contributed by atoms with E-state index in [1.165, 1.54) is 5.56 Å². The number of carbonyl (C=O) groups excluding carboxylic acids is 1. The van der Waals surface area contributed by atoms with Crippen LogP contribution in [0.4, 0.5) is 0 Å². The summed E-state index contributed by atoms with van der Waals surface area (Å²) >= 11 is 1.58. The Bertz CT molecular complexity index is 419. The van der Waals surface area contributed by atoms with Gasteiger partial charge in [-0.2, -0.15) is 11.8 Å². The molecule has 0 radical (unpaired) electrons. The SMILES string of the molecule is CSC(CO)C(C)NC(=O)C1CC1c1ccccc1. The first-order valence-electron chi connectivity index (χ1n) is 6.66. The molecule has 0 aromatic heterocycles. The van der Waals surface area contributed by atoms with Gasteiger partial charge in [-0.25, -0.2) is 0 Å². The van der Waals surface area contributed by atoms with Crippen LogP contribution in [-0.2, 0) is 4.79 Å². The number of rotatable bonds is 6. The molecule has 104 valence electrons. The number of aliphatic hydroxyl groups excluding tert-OH is 1. The number of amides is 1. The van der Waals surface area contributed by atoms with Gasteiger partial charge in [-0.3, -0.25) is 4.79 Å². The summed E-state index contributed by atoms with van der Waals surface area (Å²) in [7, 11) is 0. The summed E-state index contributed by atoms with van der Waals surface area (Å²) in [4.78, 5) is 12.1. The first-order chi connectivity index (χ1) is 9.17. The van der Waals surface area contributed by atoms with Gasteiger partial charge in [0.1, 0.15) is 0 Å². The first kappa shape index (κ1) is 14.4. The first-order valence-corrected chi connectivity index (χ1v) is 7.95. The summed E-state index contributed by atoms with van der Waals surface area (Å²) in [6.07, 6.45) is 2.89. The van der Waals surface area contributed by atoms with Gasteiger partial charge in [0.25, 0.3) is 0 Å². The van der Waals surface area contributed by atoms with Crippen LogP contribution in [0.5, 0.6) is 0 Å². The van der Waals surface area contributed by atoms with Gasteiger partial charge in [-0.1, -0.05) is 30.3 Å². The predicted octanol–water partition coefficient (Wildman–Crippen LogP) is 2.02. The lowest BCUT2D eigenvalue weighted by atomic mass is 10.1. The van der Waals surface area contributed by atoms with E-state index in [9.17, 15) is 9.90 Å². The third-order valence-corrected chi connectivity index (χ3v) is 4.93. The highest BCUT2D eigenvalue weighted by molar-refractivity contribution is 7.99. The molecule has 0 heterocycles. The minimum absolute atomic E-state index is 0.00419. The van der Waals surface area contributed by atoms with Gasteiger partial charge >= 0.3 is 0 Å². The van der Waals surface area contributed by atoms with Crippen molar-refractivity contribution < 1.29 is 9.90 Å². The van der Waals surface area contributed by atoms with Crippen molar-refractivity contribution in [2.45, 2.75) is 30.6 Å². The van der Waals surface area contributed by atoms with Crippen LogP contribution in [0.1, 0.15) is 24.8 Å². The Morgan fingerprint density at radius 1 is 1.47 bits per heavy atom. The minimum Gasteiger partial charge on any atom is -0.395 e. The van der Waals surface area contributed by atoms with Crippen molar-refractivity contribution >= 4 is 17.7 Å². The van der Waals surface area contributed by atoms with Crippen LogP contribution in [0, 0.1) is 5.92 Å². The van der Waals surface area contributed by atoms with Crippen molar-refractivity contribution in [2.24, 2.45) is 5.92 Å². The maximum absolute atomic E-state index is 12.1. The molecular formula is C15H21NO2S. The second kappa shape index (κ2) is 6.44. The lowest BCUT2D eigenvalue weighted by Gasteiger charge is -2.21. The molecule has 3 nitrogen and oxygen atoms in total. The van der Waals surface area contributed by atoms with E-state index in [0.717, 1.165) is 6.42 Å². The van der Waals surface area contributed by atoms with Crippen LogP contribution in [0.2, 0.25) is 0 Å². The van der Waals surface area contributed by atoms with Gasteiger partial charge < -0.3 is 10.4 Å². The fourth-order valence-corrected chi connectivity index (χ4v) is 3.04. The van der Waals surface area contributed by atoms with Gasteiger partial charge in [0.15, 0.2) is 0 Å². The number of carbonyl (C=O) groups is 1. The number of aliphatic hydroxyl groups is 1. The molecule has 2 N–H and O–H groups in total. The second-order valence-electron chi connectivity index (χ2n) is 5.11. The van der Waals surface area contributed by atoms with Crippen molar-refractivity contribution in [3.63, 3.8) is 0 Å². The van der Waals surface area contributed by atoms with E-state index < -0.39 is 0 Å². The number of hydrogen-bond acceptors (Lipinski definition) is 3. The lowest BCUT2D eigenvalue weighted by Crippen LogP contribution is -2.42. The van der Waals surface area contributed by atoms with Gasteiger partial charge in [0, 0.05) is 17.2 Å². The Morgan fingerprint density at radius 3 is 2.74 bits per heavy atom. The molecule has 0 bridgehead atoms. The smallest absolute Gasteiger partial charge is 0.223 e. The third-order valence-electron chi connectivity index (χ3n) is 3.77. The zero-order valence-corrected chi connectivity index (χ0v) is 12.2. The highest BCUT2D eigenvalue weighted by Gasteiger charge is 2.44. The Morgan fingerprint density at radius 2 is 2.16 bits per heavy atom. The predicted molar refractivity (Wildman–Crippen MR) is 79.3 cm³/mol. The van der Waals surface area contributed by atoms with Gasteiger partial charge in [-0.05, 0) is 31.1 Å². The Hall–Kier alpha value is -1.00. The second-order valence-corrected chi connectivity index (χ2v) is 6.19. The molecule has 0 saturated heterocycles. The van der Waals surface area contributed by atoms with Crippen molar-refractivity contribution in [1.82, 2.24) is 5.32 Å². The molecule has 1 aromatic rings. The van der Waals surface area contributed by atoms with Gasteiger partial charge in [0.05, 0.1) is 6.61 Å². The molecule has 4 heteroatoms. The largest absolute Gasteiger partial charge is 0.395 e. The summed E-state index contributed by atoms with van der Waals surface area (Å²) in [5, 5.41) is 12.3. The Kier molecular flexibility index (Phi) is 4.88. The highest BCUT2D eigenvalue weighted by atomic mass is 32.2.